The molecule has 1 heterocycles. The minimum absolute atomic E-state index is 0.0208. The molecule has 0 spiro atoms. The summed E-state index contributed by atoms with van der Waals surface area (Å²) < 4.78 is 4.39. The maximum Gasteiger partial charge on any atom is 0.280 e. The highest BCUT2D eigenvalue weighted by atomic mass is 35.5. The van der Waals surface area contributed by atoms with E-state index in [1.807, 2.05) is 0 Å². The van der Waals surface area contributed by atoms with Gasteiger partial charge in [0.25, 0.3) is 5.91 Å². The Morgan fingerprint density at radius 1 is 1.42 bits per heavy atom. The Kier molecular flexibility index (Phi) is 3.92. The monoisotopic (exact) mass is 300 g/mol. The van der Waals surface area contributed by atoms with Crippen LogP contribution in [-0.2, 0) is 6.54 Å². The van der Waals surface area contributed by atoms with Crippen LogP contribution in [0.3, 0.4) is 0 Å². The van der Waals surface area contributed by atoms with Crippen molar-refractivity contribution in [2.45, 2.75) is 6.54 Å². The highest BCUT2D eigenvalue weighted by Crippen LogP contribution is 2.22. The molecular formula is C11H10Cl2N4O2. The number of carbonyl (C=O) groups excluding carboxylic acids is 1. The summed E-state index contributed by atoms with van der Waals surface area (Å²) in [6.45, 7) is 0.293. The predicted molar refractivity (Wildman–Crippen MR) is 71.0 cm³/mol. The molecule has 19 heavy (non-hydrogen) atoms. The van der Waals surface area contributed by atoms with Crippen LogP contribution in [0.1, 0.15) is 16.1 Å². The topological polar surface area (TPSA) is 85.2 Å². The number of halogens is 2. The van der Waals surface area contributed by atoms with Crippen molar-refractivity contribution >= 4 is 34.9 Å². The lowest BCUT2D eigenvalue weighted by Crippen LogP contribution is -2.27. The van der Waals surface area contributed by atoms with E-state index in [1.165, 1.54) is 4.90 Å². The summed E-state index contributed by atoms with van der Waals surface area (Å²) >= 11 is 11.8. The van der Waals surface area contributed by atoms with Crippen molar-refractivity contribution in [1.29, 1.82) is 0 Å². The van der Waals surface area contributed by atoms with Gasteiger partial charge >= 0.3 is 0 Å². The van der Waals surface area contributed by atoms with Crippen molar-refractivity contribution < 1.29 is 9.42 Å². The minimum Gasteiger partial charge on any atom is -0.379 e. The number of nitrogen functional groups attached to an aromatic ring is 1. The molecule has 0 aliphatic carbocycles. The minimum atomic E-state index is -0.398. The first kappa shape index (κ1) is 13.6. The number of hydrogen-bond acceptors (Lipinski definition) is 5. The summed E-state index contributed by atoms with van der Waals surface area (Å²) in [5, 5.41) is 7.83. The van der Waals surface area contributed by atoms with Gasteiger partial charge in [-0.05, 0) is 28.0 Å². The van der Waals surface area contributed by atoms with Gasteiger partial charge in [0.05, 0.1) is 0 Å². The zero-order valence-corrected chi connectivity index (χ0v) is 11.4. The van der Waals surface area contributed by atoms with Gasteiger partial charge in [-0.1, -0.05) is 29.3 Å². The van der Waals surface area contributed by atoms with Crippen LogP contribution in [0.15, 0.2) is 22.8 Å². The molecule has 8 heteroatoms. The van der Waals surface area contributed by atoms with Crippen LogP contribution in [0.5, 0.6) is 0 Å². The predicted octanol–water partition coefficient (Wildman–Crippen LogP) is 2.23. The Bertz CT molecular complexity index is 614. The summed E-state index contributed by atoms with van der Waals surface area (Å²) in [5.74, 6) is -0.441. The van der Waals surface area contributed by atoms with Crippen molar-refractivity contribution in [3.05, 3.63) is 39.5 Å². The van der Waals surface area contributed by atoms with Gasteiger partial charge in [-0.25, -0.2) is 4.63 Å². The van der Waals surface area contributed by atoms with Crippen LogP contribution in [0.25, 0.3) is 0 Å². The molecule has 100 valence electrons. The molecule has 0 radical (unpaired) electrons. The molecule has 2 N–H and O–H groups in total. The molecule has 1 aromatic heterocycles. The molecule has 0 atom stereocenters. The normalized spacial score (nSPS) is 10.5. The Morgan fingerprint density at radius 3 is 2.74 bits per heavy atom. The van der Waals surface area contributed by atoms with Crippen LogP contribution in [0, 0.1) is 0 Å². The molecule has 1 aromatic carbocycles. The third-order valence-corrected chi connectivity index (χ3v) is 3.07. The molecule has 6 nitrogen and oxygen atoms in total. The molecule has 0 bridgehead atoms. The number of nitrogens with zero attached hydrogens (tertiary/aromatic N) is 3. The summed E-state index contributed by atoms with van der Waals surface area (Å²) in [6, 6.07) is 5.06. The van der Waals surface area contributed by atoms with Crippen LogP contribution in [0.2, 0.25) is 10.0 Å². The summed E-state index contributed by atoms with van der Waals surface area (Å²) in [7, 11) is 1.60. The van der Waals surface area contributed by atoms with Crippen molar-refractivity contribution in [2.24, 2.45) is 0 Å². The van der Waals surface area contributed by atoms with E-state index in [1.54, 1.807) is 25.2 Å². The van der Waals surface area contributed by atoms with Gasteiger partial charge < -0.3 is 10.6 Å². The van der Waals surface area contributed by atoms with Gasteiger partial charge in [0.15, 0.2) is 0 Å². The highest BCUT2D eigenvalue weighted by Gasteiger charge is 2.20. The number of hydrogen-bond donors (Lipinski definition) is 1. The van der Waals surface area contributed by atoms with Gasteiger partial charge in [-0.15, -0.1) is 0 Å². The third-order valence-electron chi connectivity index (χ3n) is 2.49. The lowest BCUT2D eigenvalue weighted by molar-refractivity contribution is 0.0775. The second-order valence-electron chi connectivity index (χ2n) is 3.90. The van der Waals surface area contributed by atoms with Crippen molar-refractivity contribution in [3.63, 3.8) is 0 Å². The number of benzene rings is 1. The molecule has 0 fully saturated rings. The highest BCUT2D eigenvalue weighted by molar-refractivity contribution is 6.35. The number of nitrogens with two attached hydrogens (primary N) is 1. The summed E-state index contributed by atoms with van der Waals surface area (Å²) in [6.07, 6.45) is 0. The Hall–Kier alpha value is -1.79. The van der Waals surface area contributed by atoms with E-state index in [0.29, 0.717) is 16.6 Å². The third kappa shape index (κ3) is 2.97. The molecule has 0 aliphatic rings. The maximum absolute atomic E-state index is 12.0. The quantitative estimate of drug-likeness (QED) is 0.939. The second kappa shape index (κ2) is 5.46. The van der Waals surface area contributed by atoms with E-state index in [9.17, 15) is 4.79 Å². The van der Waals surface area contributed by atoms with Crippen LogP contribution < -0.4 is 5.73 Å². The molecule has 0 aliphatic heterocycles. The van der Waals surface area contributed by atoms with Gasteiger partial charge in [0.1, 0.15) is 0 Å². The van der Waals surface area contributed by atoms with Gasteiger partial charge in [0.2, 0.25) is 11.5 Å². The van der Waals surface area contributed by atoms with E-state index < -0.39 is 5.91 Å². The van der Waals surface area contributed by atoms with E-state index in [2.05, 4.69) is 14.9 Å². The Labute approximate surface area is 119 Å². The number of amides is 1. The largest absolute Gasteiger partial charge is 0.379 e. The fourth-order valence-electron chi connectivity index (χ4n) is 1.50. The fourth-order valence-corrected chi connectivity index (χ4v) is 1.97. The van der Waals surface area contributed by atoms with E-state index in [0.717, 1.165) is 5.56 Å². The molecule has 0 unspecified atom stereocenters. The number of rotatable bonds is 3. The van der Waals surface area contributed by atoms with Crippen LogP contribution in [0.4, 0.5) is 5.82 Å². The fraction of sp³-hybridized carbons (Fsp3) is 0.182. The molecule has 0 saturated carbocycles. The number of anilines is 1. The number of carbonyl (C=O) groups is 1. The zero-order chi connectivity index (χ0) is 14.0. The molecule has 2 rings (SSSR count). The first-order valence-corrected chi connectivity index (χ1v) is 6.02. The SMILES string of the molecule is CN(Cc1ccc(Cl)cc1Cl)C(=O)c1nonc1N. The zero-order valence-electron chi connectivity index (χ0n) is 9.93. The first-order chi connectivity index (χ1) is 8.99. The smallest absolute Gasteiger partial charge is 0.280 e. The first-order valence-electron chi connectivity index (χ1n) is 5.26. The molecule has 1 amide bonds. The van der Waals surface area contributed by atoms with E-state index in [-0.39, 0.29) is 11.5 Å². The Balaban J connectivity index is 2.15. The van der Waals surface area contributed by atoms with Crippen molar-refractivity contribution in [3.8, 4) is 0 Å². The standard InChI is InChI=1S/C11H10Cl2N4O2/c1-17(11(18)9-10(14)16-19-15-9)5-6-2-3-7(12)4-8(6)13/h2-4H,5H2,1H3,(H2,14,16). The van der Waals surface area contributed by atoms with Crippen molar-refractivity contribution in [1.82, 2.24) is 15.2 Å². The molecule has 2 aromatic rings. The maximum atomic E-state index is 12.0. The Morgan fingerprint density at radius 2 is 2.16 bits per heavy atom. The second-order valence-corrected chi connectivity index (χ2v) is 4.74. The van der Waals surface area contributed by atoms with E-state index in [4.69, 9.17) is 28.9 Å². The molecular weight excluding hydrogens is 291 g/mol. The summed E-state index contributed by atoms with van der Waals surface area (Å²) in [4.78, 5) is 13.4. The van der Waals surface area contributed by atoms with Gasteiger partial charge in [0, 0.05) is 23.6 Å². The lowest BCUT2D eigenvalue weighted by Gasteiger charge is -2.16. The van der Waals surface area contributed by atoms with E-state index >= 15 is 0 Å². The average Bonchev–Trinajstić information content (AvgIpc) is 2.78. The average molecular weight is 301 g/mol. The van der Waals surface area contributed by atoms with Crippen molar-refractivity contribution in [2.75, 3.05) is 12.8 Å². The van der Waals surface area contributed by atoms with Crippen LogP contribution in [-0.4, -0.2) is 28.2 Å². The lowest BCUT2D eigenvalue weighted by atomic mass is 10.2. The summed E-state index contributed by atoms with van der Waals surface area (Å²) in [5.41, 5.74) is 6.20. The van der Waals surface area contributed by atoms with Crippen LogP contribution >= 0.6 is 23.2 Å². The van der Waals surface area contributed by atoms with Gasteiger partial charge in [-0.2, -0.15) is 0 Å². The number of aromatic nitrogens is 2. The molecule has 0 saturated heterocycles. The van der Waals surface area contributed by atoms with Gasteiger partial charge in [-0.3, -0.25) is 4.79 Å².